The second-order valence-corrected chi connectivity index (χ2v) is 8.32. The summed E-state index contributed by atoms with van der Waals surface area (Å²) in [5, 5.41) is 0.557. The minimum atomic E-state index is -0.455. The number of furan rings is 1. The highest BCUT2D eigenvalue weighted by atomic mass is 16.3. The van der Waals surface area contributed by atoms with Gasteiger partial charge in [-0.15, -0.1) is 0 Å². The van der Waals surface area contributed by atoms with Crippen LogP contribution in [0, 0.1) is 0 Å². The zero-order chi connectivity index (χ0) is 23.4. The van der Waals surface area contributed by atoms with Crippen molar-refractivity contribution in [2.24, 2.45) is 0 Å². The molecular formula is C26H28N4O3. The fraction of sp³-hybridized carbons (Fsp3) is 0.269. The molecule has 0 bridgehead atoms. The normalized spacial score (nSPS) is 12.2. The predicted molar refractivity (Wildman–Crippen MR) is 128 cm³/mol. The van der Waals surface area contributed by atoms with Gasteiger partial charge in [-0.3, -0.25) is 14.2 Å². The third-order valence-corrected chi connectivity index (χ3v) is 5.70. The molecule has 0 aliphatic rings. The van der Waals surface area contributed by atoms with E-state index in [1.807, 2.05) is 74.4 Å². The number of amides is 1. The molecular weight excluding hydrogens is 416 g/mol. The molecule has 170 valence electrons. The fourth-order valence-corrected chi connectivity index (χ4v) is 3.88. The van der Waals surface area contributed by atoms with E-state index in [9.17, 15) is 9.59 Å². The minimum absolute atomic E-state index is 0.121. The maximum atomic E-state index is 13.5. The molecule has 0 spiro atoms. The molecule has 2 aromatic carbocycles. The smallest absolute Gasteiger partial charge is 0.290 e. The summed E-state index contributed by atoms with van der Waals surface area (Å²) < 4.78 is 7.08. The van der Waals surface area contributed by atoms with Crippen LogP contribution >= 0.6 is 0 Å². The number of rotatable bonds is 8. The second kappa shape index (κ2) is 9.83. The Balaban J connectivity index is 1.83. The minimum Gasteiger partial charge on any atom is -0.459 e. The molecule has 0 saturated heterocycles. The molecule has 2 heterocycles. The lowest BCUT2D eigenvalue weighted by atomic mass is 10.1. The van der Waals surface area contributed by atoms with Gasteiger partial charge in [0.25, 0.3) is 11.5 Å². The lowest BCUT2D eigenvalue weighted by molar-refractivity contribution is 0.0633. The zero-order valence-electron chi connectivity index (χ0n) is 19.1. The van der Waals surface area contributed by atoms with Gasteiger partial charge in [-0.05, 0) is 50.8 Å². The Kier molecular flexibility index (Phi) is 6.70. The van der Waals surface area contributed by atoms with Gasteiger partial charge in [0.1, 0.15) is 5.82 Å². The lowest BCUT2D eigenvalue weighted by Gasteiger charge is -2.31. The maximum absolute atomic E-state index is 13.5. The number of para-hydroxylation sites is 1. The van der Waals surface area contributed by atoms with Crippen LogP contribution in [-0.2, 0) is 6.54 Å². The van der Waals surface area contributed by atoms with E-state index in [1.54, 1.807) is 27.7 Å². The number of likely N-dealkylation sites (N-methyl/N-ethyl adjacent to an activating group) is 1. The summed E-state index contributed by atoms with van der Waals surface area (Å²) in [6.07, 6.45) is 1.49. The monoisotopic (exact) mass is 444 g/mol. The van der Waals surface area contributed by atoms with Gasteiger partial charge in [0.15, 0.2) is 5.76 Å². The number of hydrogen-bond donors (Lipinski definition) is 0. The summed E-state index contributed by atoms with van der Waals surface area (Å²) in [6.45, 7) is 3.40. The molecule has 4 aromatic rings. The van der Waals surface area contributed by atoms with Gasteiger partial charge in [0.2, 0.25) is 0 Å². The molecule has 0 aliphatic heterocycles. The first-order valence-corrected chi connectivity index (χ1v) is 11.0. The molecule has 0 saturated carbocycles. The molecule has 33 heavy (non-hydrogen) atoms. The standard InChI is InChI=1S/C26H28N4O3/c1-19(29(16-15-28(2)3)26(32)23-14-9-17-33-23)24-27-22-13-8-7-12-21(22)25(31)30(24)18-20-10-5-4-6-11-20/h4-14,17,19H,15-16,18H2,1-3H3. The van der Waals surface area contributed by atoms with Crippen molar-refractivity contribution in [3.63, 3.8) is 0 Å². The lowest BCUT2D eigenvalue weighted by Crippen LogP contribution is -2.41. The average molecular weight is 445 g/mol. The van der Waals surface area contributed by atoms with Crippen LogP contribution in [0.25, 0.3) is 10.9 Å². The third kappa shape index (κ3) is 4.88. The maximum Gasteiger partial charge on any atom is 0.290 e. The highest BCUT2D eigenvalue weighted by Gasteiger charge is 2.28. The second-order valence-electron chi connectivity index (χ2n) is 8.32. The molecule has 0 aliphatic carbocycles. The highest BCUT2D eigenvalue weighted by molar-refractivity contribution is 5.91. The number of carbonyl (C=O) groups excluding carboxylic acids is 1. The van der Waals surface area contributed by atoms with Crippen LogP contribution in [0.3, 0.4) is 0 Å². The van der Waals surface area contributed by atoms with Crippen LogP contribution in [0.4, 0.5) is 0 Å². The molecule has 2 aromatic heterocycles. The number of carbonyl (C=O) groups is 1. The number of nitrogens with zero attached hydrogens (tertiary/aromatic N) is 4. The Morgan fingerprint density at radius 1 is 1.00 bits per heavy atom. The average Bonchev–Trinajstić information content (AvgIpc) is 3.36. The van der Waals surface area contributed by atoms with E-state index >= 15 is 0 Å². The molecule has 0 fully saturated rings. The summed E-state index contributed by atoms with van der Waals surface area (Å²) in [4.78, 5) is 35.5. The summed E-state index contributed by atoms with van der Waals surface area (Å²) in [5.41, 5.74) is 1.48. The van der Waals surface area contributed by atoms with Crippen LogP contribution in [0.15, 0.2) is 82.2 Å². The van der Waals surface area contributed by atoms with Crippen molar-refractivity contribution in [3.05, 3.63) is 100 Å². The topological polar surface area (TPSA) is 71.6 Å². The summed E-state index contributed by atoms with van der Waals surface area (Å²) in [6, 6.07) is 20.0. The summed E-state index contributed by atoms with van der Waals surface area (Å²) in [7, 11) is 3.92. The molecule has 7 nitrogen and oxygen atoms in total. The van der Waals surface area contributed by atoms with Gasteiger partial charge >= 0.3 is 0 Å². The first kappa shape index (κ1) is 22.5. The van der Waals surface area contributed by atoms with Gasteiger partial charge in [0, 0.05) is 13.1 Å². The predicted octanol–water partition coefficient (Wildman–Crippen LogP) is 3.80. The first-order valence-electron chi connectivity index (χ1n) is 11.0. The van der Waals surface area contributed by atoms with Crippen LogP contribution in [0.5, 0.6) is 0 Å². The Morgan fingerprint density at radius 2 is 1.73 bits per heavy atom. The van der Waals surface area contributed by atoms with Gasteiger partial charge in [-0.2, -0.15) is 0 Å². The Bertz CT molecular complexity index is 1280. The molecule has 1 amide bonds. The van der Waals surface area contributed by atoms with E-state index in [1.165, 1.54) is 6.26 Å². The Labute approximate surface area is 192 Å². The number of hydrogen-bond acceptors (Lipinski definition) is 5. The Morgan fingerprint density at radius 3 is 2.42 bits per heavy atom. The van der Waals surface area contributed by atoms with Crippen molar-refractivity contribution in [2.75, 3.05) is 27.2 Å². The zero-order valence-corrected chi connectivity index (χ0v) is 19.1. The van der Waals surface area contributed by atoms with Crippen LogP contribution < -0.4 is 5.56 Å². The van der Waals surface area contributed by atoms with Gasteiger partial charge < -0.3 is 14.2 Å². The van der Waals surface area contributed by atoms with Gasteiger partial charge in [0.05, 0.1) is 29.8 Å². The molecule has 0 N–H and O–H groups in total. The number of benzene rings is 2. The summed E-state index contributed by atoms with van der Waals surface area (Å²) >= 11 is 0. The van der Waals surface area contributed by atoms with E-state index < -0.39 is 6.04 Å². The van der Waals surface area contributed by atoms with E-state index in [-0.39, 0.29) is 17.2 Å². The van der Waals surface area contributed by atoms with Crippen molar-refractivity contribution < 1.29 is 9.21 Å². The molecule has 0 radical (unpaired) electrons. The number of fused-ring (bicyclic) bond motifs is 1. The molecule has 7 heteroatoms. The van der Waals surface area contributed by atoms with Gasteiger partial charge in [-0.1, -0.05) is 42.5 Å². The van der Waals surface area contributed by atoms with Crippen LogP contribution in [0.2, 0.25) is 0 Å². The summed E-state index contributed by atoms with van der Waals surface area (Å²) in [5.74, 6) is 0.572. The van der Waals surface area contributed by atoms with Crippen molar-refractivity contribution >= 4 is 16.8 Å². The van der Waals surface area contributed by atoms with Crippen molar-refractivity contribution in [1.29, 1.82) is 0 Å². The fourth-order valence-electron chi connectivity index (χ4n) is 3.88. The van der Waals surface area contributed by atoms with E-state index in [4.69, 9.17) is 9.40 Å². The van der Waals surface area contributed by atoms with Gasteiger partial charge in [-0.25, -0.2) is 4.98 Å². The number of aromatic nitrogens is 2. The Hall–Kier alpha value is -3.71. The molecule has 1 unspecified atom stereocenters. The molecule has 1 atom stereocenters. The van der Waals surface area contributed by atoms with Crippen LogP contribution in [-0.4, -0.2) is 52.4 Å². The van der Waals surface area contributed by atoms with E-state index in [2.05, 4.69) is 0 Å². The molecule has 4 rings (SSSR count). The SMILES string of the molecule is CC(c1nc2ccccc2c(=O)n1Cc1ccccc1)N(CCN(C)C)C(=O)c1ccco1. The largest absolute Gasteiger partial charge is 0.459 e. The quantitative estimate of drug-likeness (QED) is 0.413. The van der Waals surface area contributed by atoms with E-state index in [0.29, 0.717) is 36.4 Å². The van der Waals surface area contributed by atoms with Crippen molar-refractivity contribution in [1.82, 2.24) is 19.4 Å². The van der Waals surface area contributed by atoms with Crippen molar-refractivity contribution in [3.8, 4) is 0 Å². The van der Waals surface area contributed by atoms with E-state index in [0.717, 1.165) is 5.56 Å². The van der Waals surface area contributed by atoms with Crippen LogP contribution in [0.1, 0.15) is 34.9 Å². The van der Waals surface area contributed by atoms with Crippen molar-refractivity contribution in [2.45, 2.75) is 19.5 Å². The third-order valence-electron chi connectivity index (χ3n) is 5.70. The first-order chi connectivity index (χ1) is 16.0. The highest BCUT2D eigenvalue weighted by Crippen LogP contribution is 2.23.